The van der Waals surface area contributed by atoms with E-state index in [1.165, 1.54) is 6.39 Å². The van der Waals surface area contributed by atoms with E-state index in [4.69, 9.17) is 4.42 Å². The van der Waals surface area contributed by atoms with Crippen LogP contribution in [0.15, 0.2) is 35.1 Å². The molecule has 4 heteroatoms. The first-order valence-corrected chi connectivity index (χ1v) is 5.89. The molecule has 0 unspecified atom stereocenters. The summed E-state index contributed by atoms with van der Waals surface area (Å²) in [4.78, 5) is 16.0. The highest BCUT2D eigenvalue weighted by atomic mass is 16.3. The van der Waals surface area contributed by atoms with Gasteiger partial charge >= 0.3 is 0 Å². The molecule has 2 rings (SSSR count). The van der Waals surface area contributed by atoms with Crippen molar-refractivity contribution in [3.63, 3.8) is 0 Å². The summed E-state index contributed by atoms with van der Waals surface area (Å²) in [7, 11) is 0. The van der Waals surface area contributed by atoms with Gasteiger partial charge in [0.25, 0.3) is 5.91 Å². The van der Waals surface area contributed by atoms with Gasteiger partial charge in [-0.15, -0.1) is 0 Å². The molecule has 0 atom stereocenters. The fourth-order valence-electron chi connectivity index (χ4n) is 1.73. The lowest BCUT2D eigenvalue weighted by molar-refractivity contribution is 0.0939. The third-order valence-electron chi connectivity index (χ3n) is 2.48. The molecule has 1 aromatic heterocycles. The molecular formula is C14H16N2O2. The van der Waals surface area contributed by atoms with E-state index < -0.39 is 0 Å². The van der Waals surface area contributed by atoms with Crippen LogP contribution in [0.1, 0.15) is 29.9 Å². The van der Waals surface area contributed by atoms with Crippen molar-refractivity contribution in [1.29, 1.82) is 0 Å². The summed E-state index contributed by atoms with van der Waals surface area (Å²) >= 11 is 0. The highest BCUT2D eigenvalue weighted by Crippen LogP contribution is 2.23. The zero-order valence-corrected chi connectivity index (χ0v) is 10.7. The summed E-state index contributed by atoms with van der Waals surface area (Å²) in [5, 5.41) is 2.81. The summed E-state index contributed by atoms with van der Waals surface area (Å²) in [5.74, 6) is 0.298. The highest BCUT2D eigenvalue weighted by Gasteiger charge is 2.18. The van der Waals surface area contributed by atoms with Gasteiger partial charge in [-0.1, -0.05) is 23.8 Å². The molecule has 1 heterocycles. The molecule has 0 radical (unpaired) electrons. The van der Waals surface area contributed by atoms with E-state index in [0.29, 0.717) is 11.5 Å². The molecule has 4 nitrogen and oxygen atoms in total. The minimum atomic E-state index is -0.213. The van der Waals surface area contributed by atoms with E-state index in [-0.39, 0.29) is 11.9 Å². The van der Waals surface area contributed by atoms with Crippen molar-refractivity contribution in [3.8, 4) is 11.3 Å². The van der Waals surface area contributed by atoms with Gasteiger partial charge in [-0.2, -0.15) is 0 Å². The van der Waals surface area contributed by atoms with Crippen LogP contribution in [0.25, 0.3) is 11.3 Å². The number of hydrogen-bond donors (Lipinski definition) is 1. The predicted octanol–water partition coefficient (Wildman–Crippen LogP) is 2.79. The Morgan fingerprint density at radius 2 is 2.17 bits per heavy atom. The second-order valence-electron chi connectivity index (χ2n) is 4.53. The number of oxazole rings is 1. The smallest absolute Gasteiger partial charge is 0.274 e. The Hall–Kier alpha value is -2.10. The first-order valence-electron chi connectivity index (χ1n) is 5.89. The van der Waals surface area contributed by atoms with Crippen molar-refractivity contribution >= 4 is 5.91 Å². The number of carbonyl (C=O) groups is 1. The topological polar surface area (TPSA) is 55.1 Å². The van der Waals surface area contributed by atoms with Crippen LogP contribution in [0.5, 0.6) is 0 Å². The van der Waals surface area contributed by atoms with Crippen molar-refractivity contribution < 1.29 is 9.21 Å². The largest absolute Gasteiger partial charge is 0.443 e. The van der Waals surface area contributed by atoms with Gasteiger partial charge in [-0.25, -0.2) is 4.98 Å². The van der Waals surface area contributed by atoms with Crippen molar-refractivity contribution in [2.75, 3.05) is 0 Å². The van der Waals surface area contributed by atoms with Gasteiger partial charge in [0.15, 0.2) is 17.8 Å². The maximum atomic E-state index is 12.0. The zero-order valence-electron chi connectivity index (χ0n) is 10.7. The van der Waals surface area contributed by atoms with Crippen LogP contribution >= 0.6 is 0 Å². The molecule has 0 bridgehead atoms. The number of nitrogens with one attached hydrogen (secondary N) is 1. The van der Waals surface area contributed by atoms with Crippen LogP contribution in [0, 0.1) is 6.92 Å². The Kier molecular flexibility index (Phi) is 3.46. The number of hydrogen-bond acceptors (Lipinski definition) is 3. The maximum Gasteiger partial charge on any atom is 0.274 e. The van der Waals surface area contributed by atoms with Gasteiger partial charge in [0.1, 0.15) is 0 Å². The summed E-state index contributed by atoms with van der Waals surface area (Å²) in [6.07, 6.45) is 1.30. The lowest BCUT2D eigenvalue weighted by Crippen LogP contribution is -2.30. The Labute approximate surface area is 106 Å². The highest BCUT2D eigenvalue weighted by molar-refractivity contribution is 5.97. The quantitative estimate of drug-likeness (QED) is 0.903. The van der Waals surface area contributed by atoms with Crippen LogP contribution in [-0.2, 0) is 0 Å². The molecule has 1 aromatic carbocycles. The minimum Gasteiger partial charge on any atom is -0.443 e. The number of amides is 1. The van der Waals surface area contributed by atoms with Crippen LogP contribution in [-0.4, -0.2) is 16.9 Å². The SMILES string of the molecule is Cc1cccc(-c2ocnc2C(=O)NC(C)C)c1. The summed E-state index contributed by atoms with van der Waals surface area (Å²) in [6.45, 7) is 5.81. The van der Waals surface area contributed by atoms with Gasteiger partial charge in [-0.3, -0.25) is 4.79 Å². The average Bonchev–Trinajstić information content (AvgIpc) is 2.76. The Morgan fingerprint density at radius 1 is 1.39 bits per heavy atom. The lowest BCUT2D eigenvalue weighted by atomic mass is 10.1. The Bertz CT molecular complexity index is 558. The predicted molar refractivity (Wildman–Crippen MR) is 69.3 cm³/mol. The number of aromatic nitrogens is 1. The molecule has 0 saturated carbocycles. The van der Waals surface area contributed by atoms with Gasteiger partial charge in [0.2, 0.25) is 0 Å². The minimum absolute atomic E-state index is 0.0690. The molecule has 18 heavy (non-hydrogen) atoms. The van der Waals surface area contributed by atoms with Crippen molar-refractivity contribution in [2.24, 2.45) is 0 Å². The zero-order chi connectivity index (χ0) is 13.1. The standard InChI is InChI=1S/C14H16N2O2/c1-9(2)16-14(17)12-13(18-8-15-12)11-6-4-5-10(3)7-11/h4-9H,1-3H3,(H,16,17). The molecule has 0 spiro atoms. The van der Waals surface area contributed by atoms with Gasteiger partial charge < -0.3 is 9.73 Å². The Morgan fingerprint density at radius 3 is 2.83 bits per heavy atom. The first-order chi connectivity index (χ1) is 8.58. The third kappa shape index (κ3) is 2.59. The van der Waals surface area contributed by atoms with Crippen LogP contribution < -0.4 is 5.32 Å². The number of benzene rings is 1. The molecule has 0 saturated heterocycles. The van der Waals surface area contributed by atoms with Gasteiger partial charge in [-0.05, 0) is 26.8 Å². The van der Waals surface area contributed by atoms with Crippen LogP contribution in [0.3, 0.4) is 0 Å². The lowest BCUT2D eigenvalue weighted by Gasteiger charge is -2.07. The molecule has 0 aliphatic carbocycles. The molecule has 0 fully saturated rings. The van der Waals surface area contributed by atoms with Crippen LogP contribution in [0.2, 0.25) is 0 Å². The molecule has 94 valence electrons. The molecule has 1 amide bonds. The Balaban J connectivity index is 2.36. The first kappa shape index (κ1) is 12.4. The van der Waals surface area contributed by atoms with Crippen LogP contribution in [0.4, 0.5) is 0 Å². The fourth-order valence-corrected chi connectivity index (χ4v) is 1.73. The molecule has 1 N–H and O–H groups in total. The van der Waals surface area contributed by atoms with Gasteiger partial charge in [0.05, 0.1) is 0 Å². The van der Waals surface area contributed by atoms with Crippen molar-refractivity contribution in [1.82, 2.24) is 10.3 Å². The number of rotatable bonds is 3. The van der Waals surface area contributed by atoms with Crippen molar-refractivity contribution in [3.05, 3.63) is 41.9 Å². The maximum absolute atomic E-state index is 12.0. The van der Waals surface area contributed by atoms with E-state index >= 15 is 0 Å². The summed E-state index contributed by atoms with van der Waals surface area (Å²) in [5.41, 5.74) is 2.30. The average molecular weight is 244 g/mol. The molecule has 2 aromatic rings. The molecular weight excluding hydrogens is 228 g/mol. The summed E-state index contributed by atoms with van der Waals surface area (Å²) in [6, 6.07) is 7.86. The molecule has 0 aliphatic rings. The van der Waals surface area contributed by atoms with E-state index in [1.54, 1.807) is 0 Å². The summed E-state index contributed by atoms with van der Waals surface area (Å²) < 4.78 is 5.34. The fraction of sp³-hybridized carbons (Fsp3) is 0.286. The third-order valence-corrected chi connectivity index (χ3v) is 2.48. The molecule has 0 aliphatic heterocycles. The van der Waals surface area contributed by atoms with E-state index in [0.717, 1.165) is 11.1 Å². The van der Waals surface area contributed by atoms with Crippen molar-refractivity contribution in [2.45, 2.75) is 26.8 Å². The van der Waals surface area contributed by atoms with E-state index in [1.807, 2.05) is 45.0 Å². The second kappa shape index (κ2) is 5.04. The monoisotopic (exact) mass is 244 g/mol. The number of aryl methyl sites for hydroxylation is 1. The second-order valence-corrected chi connectivity index (χ2v) is 4.53. The normalized spacial score (nSPS) is 10.7. The van der Waals surface area contributed by atoms with Gasteiger partial charge in [0, 0.05) is 11.6 Å². The number of nitrogens with zero attached hydrogens (tertiary/aromatic N) is 1. The van der Waals surface area contributed by atoms with E-state index in [2.05, 4.69) is 10.3 Å². The number of carbonyl (C=O) groups excluding carboxylic acids is 1. The van der Waals surface area contributed by atoms with E-state index in [9.17, 15) is 4.79 Å².